The Bertz CT molecular complexity index is 280. The summed E-state index contributed by atoms with van der Waals surface area (Å²) in [5.41, 5.74) is 0.101. The van der Waals surface area contributed by atoms with E-state index in [4.69, 9.17) is 10.2 Å². The lowest BCUT2D eigenvalue weighted by molar-refractivity contribution is -0.158. The van der Waals surface area contributed by atoms with E-state index in [2.05, 4.69) is 11.3 Å². The molecule has 0 atom stereocenters. The van der Waals surface area contributed by atoms with E-state index in [9.17, 15) is 14.4 Å². The molecule has 0 aliphatic rings. The highest BCUT2D eigenvalue weighted by atomic mass is 16.6. The SMILES string of the molecule is C=C(C)C(=O)OC(=O)CCC(=O)O.CCCO. The van der Waals surface area contributed by atoms with E-state index < -0.39 is 17.9 Å². The number of aliphatic hydroxyl groups excluding tert-OH is 1. The van der Waals surface area contributed by atoms with Crippen LogP contribution in [-0.2, 0) is 19.1 Å². The Balaban J connectivity index is 0. The largest absolute Gasteiger partial charge is 0.481 e. The van der Waals surface area contributed by atoms with Gasteiger partial charge in [0.05, 0.1) is 12.8 Å². The fraction of sp³-hybridized carbons (Fsp3) is 0.545. The van der Waals surface area contributed by atoms with Crippen LogP contribution >= 0.6 is 0 Å². The van der Waals surface area contributed by atoms with Gasteiger partial charge in [0.1, 0.15) is 0 Å². The standard InChI is InChI=1S/C8H10O5.C3H8O/c1-5(2)8(12)13-7(11)4-3-6(9)10;1-2-3-4/h1,3-4H2,2H3,(H,9,10);4H,2-3H2,1H3. The van der Waals surface area contributed by atoms with Crippen LogP contribution in [-0.4, -0.2) is 34.7 Å². The summed E-state index contributed by atoms with van der Waals surface area (Å²) in [4.78, 5) is 31.4. The van der Waals surface area contributed by atoms with Gasteiger partial charge in [0.2, 0.25) is 0 Å². The van der Waals surface area contributed by atoms with Crippen LogP contribution in [0.4, 0.5) is 0 Å². The van der Waals surface area contributed by atoms with Gasteiger partial charge >= 0.3 is 17.9 Å². The molecular formula is C11H18O6. The molecule has 0 aliphatic carbocycles. The molecule has 0 fully saturated rings. The third-order valence-electron chi connectivity index (χ3n) is 1.32. The first-order valence-electron chi connectivity index (χ1n) is 5.08. The van der Waals surface area contributed by atoms with Crippen molar-refractivity contribution in [2.24, 2.45) is 0 Å². The van der Waals surface area contributed by atoms with E-state index in [1.165, 1.54) is 6.92 Å². The van der Waals surface area contributed by atoms with Crippen molar-refractivity contribution in [1.82, 2.24) is 0 Å². The van der Waals surface area contributed by atoms with Gasteiger partial charge in [0.25, 0.3) is 0 Å². The van der Waals surface area contributed by atoms with Gasteiger partial charge in [0.15, 0.2) is 0 Å². The van der Waals surface area contributed by atoms with Gasteiger partial charge in [0, 0.05) is 12.2 Å². The molecule has 0 rings (SSSR count). The highest BCUT2D eigenvalue weighted by molar-refractivity contribution is 5.95. The molecule has 6 nitrogen and oxygen atoms in total. The van der Waals surface area contributed by atoms with Crippen LogP contribution in [0.2, 0.25) is 0 Å². The zero-order valence-corrected chi connectivity index (χ0v) is 10.1. The summed E-state index contributed by atoms with van der Waals surface area (Å²) in [6, 6.07) is 0. The van der Waals surface area contributed by atoms with Crippen molar-refractivity contribution >= 4 is 17.9 Å². The van der Waals surface area contributed by atoms with Crippen molar-refractivity contribution in [3.63, 3.8) is 0 Å². The summed E-state index contributed by atoms with van der Waals surface area (Å²) in [6.45, 7) is 6.91. The second kappa shape index (κ2) is 10.8. The van der Waals surface area contributed by atoms with Gasteiger partial charge in [-0.25, -0.2) is 4.79 Å². The number of carbonyl (C=O) groups is 3. The topological polar surface area (TPSA) is 101 Å². The quantitative estimate of drug-likeness (QED) is 0.424. The molecule has 2 N–H and O–H groups in total. The van der Waals surface area contributed by atoms with Crippen molar-refractivity contribution in [2.75, 3.05) is 6.61 Å². The number of carboxylic acid groups (broad SMARTS) is 1. The third-order valence-corrected chi connectivity index (χ3v) is 1.32. The van der Waals surface area contributed by atoms with Crippen LogP contribution in [0, 0.1) is 0 Å². The van der Waals surface area contributed by atoms with Crippen molar-refractivity contribution in [2.45, 2.75) is 33.1 Å². The van der Waals surface area contributed by atoms with E-state index >= 15 is 0 Å². The number of ether oxygens (including phenoxy) is 1. The summed E-state index contributed by atoms with van der Waals surface area (Å²) in [5.74, 6) is -2.79. The molecule has 0 heterocycles. The smallest absolute Gasteiger partial charge is 0.340 e. The Morgan fingerprint density at radius 1 is 1.24 bits per heavy atom. The highest BCUT2D eigenvalue weighted by Gasteiger charge is 2.11. The lowest BCUT2D eigenvalue weighted by atomic mass is 10.3. The van der Waals surface area contributed by atoms with E-state index in [1.807, 2.05) is 6.92 Å². The van der Waals surface area contributed by atoms with E-state index in [1.54, 1.807) is 0 Å². The fourth-order valence-corrected chi connectivity index (χ4v) is 0.451. The van der Waals surface area contributed by atoms with Gasteiger partial charge < -0.3 is 14.9 Å². The van der Waals surface area contributed by atoms with Gasteiger partial charge in [-0.3, -0.25) is 9.59 Å². The first-order chi connectivity index (χ1) is 7.84. The summed E-state index contributed by atoms with van der Waals surface area (Å²) in [7, 11) is 0. The van der Waals surface area contributed by atoms with Crippen LogP contribution in [0.5, 0.6) is 0 Å². The third kappa shape index (κ3) is 14.3. The first kappa shape index (κ1) is 17.7. The van der Waals surface area contributed by atoms with Crippen LogP contribution in [0.15, 0.2) is 12.2 Å². The minimum atomic E-state index is -1.11. The molecule has 0 unspecified atom stereocenters. The maximum atomic E-state index is 10.7. The summed E-state index contributed by atoms with van der Waals surface area (Å²) < 4.78 is 4.22. The normalized spacial score (nSPS) is 8.65. The number of hydrogen-bond acceptors (Lipinski definition) is 5. The average molecular weight is 246 g/mol. The molecule has 0 aromatic heterocycles. The average Bonchev–Trinajstić information content (AvgIpc) is 2.26. The molecule has 0 aromatic carbocycles. The summed E-state index contributed by atoms with van der Waals surface area (Å²) in [5, 5.41) is 16.1. The lowest BCUT2D eigenvalue weighted by Crippen LogP contribution is -2.13. The second-order valence-electron chi connectivity index (χ2n) is 3.16. The Morgan fingerprint density at radius 2 is 1.71 bits per heavy atom. The summed E-state index contributed by atoms with van der Waals surface area (Å²) >= 11 is 0. The van der Waals surface area contributed by atoms with Gasteiger partial charge in [-0.05, 0) is 13.3 Å². The lowest BCUT2D eigenvalue weighted by Gasteiger charge is -1.99. The van der Waals surface area contributed by atoms with Crippen molar-refractivity contribution in [3.8, 4) is 0 Å². The number of carbonyl (C=O) groups excluding carboxylic acids is 2. The Morgan fingerprint density at radius 3 is 2.00 bits per heavy atom. The number of hydrogen-bond donors (Lipinski definition) is 2. The number of rotatable bonds is 5. The minimum Gasteiger partial charge on any atom is -0.481 e. The number of esters is 2. The van der Waals surface area contributed by atoms with Crippen LogP contribution < -0.4 is 0 Å². The maximum absolute atomic E-state index is 10.7. The van der Waals surface area contributed by atoms with Crippen molar-refractivity contribution < 1.29 is 29.3 Å². The Labute approximate surface area is 99.9 Å². The number of carboxylic acids is 1. The van der Waals surface area contributed by atoms with Crippen molar-refractivity contribution in [1.29, 1.82) is 0 Å². The molecule has 0 radical (unpaired) electrons. The molecule has 0 saturated heterocycles. The Kier molecular flexibility index (Phi) is 11.3. The van der Waals surface area contributed by atoms with E-state index in [-0.39, 0.29) is 18.4 Å². The maximum Gasteiger partial charge on any atom is 0.340 e. The zero-order valence-electron chi connectivity index (χ0n) is 10.1. The number of aliphatic hydroxyl groups is 1. The molecule has 0 aromatic rings. The monoisotopic (exact) mass is 246 g/mol. The van der Waals surface area contributed by atoms with Crippen LogP contribution in [0.25, 0.3) is 0 Å². The van der Waals surface area contributed by atoms with Gasteiger partial charge in [-0.1, -0.05) is 13.5 Å². The van der Waals surface area contributed by atoms with E-state index in [0.29, 0.717) is 6.61 Å². The molecule has 6 heteroatoms. The van der Waals surface area contributed by atoms with E-state index in [0.717, 1.165) is 6.42 Å². The molecule has 0 spiro atoms. The summed E-state index contributed by atoms with van der Waals surface area (Å²) in [6.07, 6.45) is 0.219. The van der Waals surface area contributed by atoms with Crippen LogP contribution in [0.1, 0.15) is 33.1 Å². The molecule has 0 amide bonds. The predicted octanol–water partition coefficient (Wildman–Crippen LogP) is 0.886. The van der Waals surface area contributed by atoms with Gasteiger partial charge in [-0.2, -0.15) is 0 Å². The second-order valence-corrected chi connectivity index (χ2v) is 3.16. The molecule has 0 saturated carbocycles. The molecule has 98 valence electrons. The van der Waals surface area contributed by atoms with Crippen LogP contribution in [0.3, 0.4) is 0 Å². The highest BCUT2D eigenvalue weighted by Crippen LogP contribution is 1.97. The Hall–Kier alpha value is -1.69. The first-order valence-corrected chi connectivity index (χ1v) is 5.08. The van der Waals surface area contributed by atoms with Crippen molar-refractivity contribution in [3.05, 3.63) is 12.2 Å². The van der Waals surface area contributed by atoms with Gasteiger partial charge in [-0.15, -0.1) is 0 Å². The zero-order chi connectivity index (χ0) is 13.8. The molecule has 0 aliphatic heterocycles. The molecular weight excluding hydrogens is 228 g/mol. The fourth-order valence-electron chi connectivity index (χ4n) is 0.451. The minimum absolute atomic E-state index is 0.101. The molecule has 0 bridgehead atoms. The molecule has 17 heavy (non-hydrogen) atoms. The predicted molar refractivity (Wildman–Crippen MR) is 60.2 cm³/mol. The number of aliphatic carboxylic acids is 1.